The van der Waals surface area contributed by atoms with Gasteiger partial charge in [-0.3, -0.25) is 4.72 Å². The molecule has 1 aromatic rings. The molecule has 4 nitrogen and oxygen atoms in total. The maximum atomic E-state index is 11.7. The minimum absolute atomic E-state index is 0.156. The van der Waals surface area contributed by atoms with E-state index in [9.17, 15) is 8.42 Å². The van der Waals surface area contributed by atoms with Crippen LogP contribution in [0.25, 0.3) is 0 Å². The Morgan fingerprint density at radius 1 is 1.24 bits per heavy atom. The van der Waals surface area contributed by atoms with E-state index in [2.05, 4.69) is 4.72 Å². The summed E-state index contributed by atoms with van der Waals surface area (Å²) in [6, 6.07) is 7.10. The van der Waals surface area contributed by atoms with Gasteiger partial charge in [-0.1, -0.05) is 26.0 Å². The van der Waals surface area contributed by atoms with E-state index in [0.29, 0.717) is 24.6 Å². The van der Waals surface area contributed by atoms with Crippen LogP contribution in [0.1, 0.15) is 25.8 Å². The van der Waals surface area contributed by atoms with E-state index in [1.807, 2.05) is 26.0 Å². The first kappa shape index (κ1) is 14.0. The SMILES string of the molecule is CC(C)CCS(=O)(=O)Nc1ccc(CN)cc1. The molecule has 0 bridgehead atoms. The van der Waals surface area contributed by atoms with Gasteiger partial charge in [0.2, 0.25) is 10.0 Å². The predicted molar refractivity (Wildman–Crippen MR) is 71.2 cm³/mol. The van der Waals surface area contributed by atoms with Crippen LogP contribution in [0, 0.1) is 5.92 Å². The van der Waals surface area contributed by atoms with Gasteiger partial charge in [0.25, 0.3) is 0 Å². The molecule has 0 unspecified atom stereocenters. The molecule has 1 rings (SSSR count). The molecular formula is C12H20N2O2S. The summed E-state index contributed by atoms with van der Waals surface area (Å²) >= 11 is 0. The zero-order valence-corrected chi connectivity index (χ0v) is 11.1. The number of rotatable bonds is 6. The molecule has 0 aliphatic heterocycles. The van der Waals surface area contributed by atoms with Crippen molar-refractivity contribution in [3.63, 3.8) is 0 Å². The lowest BCUT2D eigenvalue weighted by molar-refractivity contribution is 0.578. The van der Waals surface area contributed by atoms with Gasteiger partial charge in [0.1, 0.15) is 0 Å². The zero-order valence-electron chi connectivity index (χ0n) is 10.3. The van der Waals surface area contributed by atoms with E-state index < -0.39 is 10.0 Å². The minimum Gasteiger partial charge on any atom is -0.326 e. The molecule has 17 heavy (non-hydrogen) atoms. The van der Waals surface area contributed by atoms with Crippen LogP contribution in [0.4, 0.5) is 5.69 Å². The zero-order chi connectivity index (χ0) is 12.9. The van der Waals surface area contributed by atoms with Crippen LogP contribution in [-0.2, 0) is 16.6 Å². The van der Waals surface area contributed by atoms with Crippen molar-refractivity contribution in [3.05, 3.63) is 29.8 Å². The Morgan fingerprint density at radius 2 is 1.82 bits per heavy atom. The van der Waals surface area contributed by atoms with Crippen LogP contribution < -0.4 is 10.5 Å². The van der Waals surface area contributed by atoms with Gasteiger partial charge in [-0.2, -0.15) is 0 Å². The monoisotopic (exact) mass is 256 g/mol. The molecule has 5 heteroatoms. The van der Waals surface area contributed by atoms with E-state index in [1.54, 1.807) is 12.1 Å². The van der Waals surface area contributed by atoms with E-state index >= 15 is 0 Å². The van der Waals surface area contributed by atoms with E-state index in [4.69, 9.17) is 5.73 Å². The molecule has 0 aliphatic rings. The second kappa shape index (κ2) is 6.02. The van der Waals surface area contributed by atoms with Crippen molar-refractivity contribution < 1.29 is 8.42 Å². The lowest BCUT2D eigenvalue weighted by atomic mass is 10.2. The van der Waals surface area contributed by atoms with Crippen molar-refractivity contribution in [2.24, 2.45) is 11.7 Å². The molecule has 96 valence electrons. The molecule has 0 atom stereocenters. The molecular weight excluding hydrogens is 236 g/mol. The summed E-state index contributed by atoms with van der Waals surface area (Å²) in [7, 11) is -3.23. The van der Waals surface area contributed by atoms with Crippen molar-refractivity contribution >= 4 is 15.7 Å². The smallest absolute Gasteiger partial charge is 0.232 e. The fourth-order valence-electron chi connectivity index (χ4n) is 1.33. The van der Waals surface area contributed by atoms with Gasteiger partial charge in [0, 0.05) is 12.2 Å². The Bertz CT molecular complexity index is 438. The topological polar surface area (TPSA) is 72.2 Å². The van der Waals surface area contributed by atoms with E-state index in [0.717, 1.165) is 5.56 Å². The molecule has 0 aliphatic carbocycles. The van der Waals surface area contributed by atoms with Gasteiger partial charge in [-0.05, 0) is 30.0 Å². The van der Waals surface area contributed by atoms with Crippen molar-refractivity contribution in [1.82, 2.24) is 0 Å². The first-order valence-corrected chi connectivity index (χ1v) is 7.37. The first-order chi connectivity index (χ1) is 7.93. The highest BCUT2D eigenvalue weighted by Crippen LogP contribution is 2.12. The molecule has 0 radical (unpaired) electrons. The highest BCUT2D eigenvalue weighted by molar-refractivity contribution is 7.92. The van der Waals surface area contributed by atoms with Crippen LogP contribution in [-0.4, -0.2) is 14.2 Å². The quantitative estimate of drug-likeness (QED) is 0.817. The van der Waals surface area contributed by atoms with Gasteiger partial charge in [-0.15, -0.1) is 0 Å². The van der Waals surface area contributed by atoms with Crippen LogP contribution in [0.3, 0.4) is 0 Å². The summed E-state index contributed by atoms with van der Waals surface area (Å²) in [6.45, 7) is 4.47. The van der Waals surface area contributed by atoms with Gasteiger partial charge in [0.15, 0.2) is 0 Å². The molecule has 0 heterocycles. The van der Waals surface area contributed by atoms with Crippen LogP contribution in [0.15, 0.2) is 24.3 Å². The van der Waals surface area contributed by atoms with Gasteiger partial charge < -0.3 is 5.73 Å². The molecule has 0 amide bonds. The molecule has 0 aromatic heterocycles. The molecule has 1 aromatic carbocycles. The Balaban J connectivity index is 2.63. The lowest BCUT2D eigenvalue weighted by Gasteiger charge is -2.09. The van der Waals surface area contributed by atoms with Crippen molar-refractivity contribution in [3.8, 4) is 0 Å². The molecule has 0 saturated heterocycles. The van der Waals surface area contributed by atoms with Gasteiger partial charge in [-0.25, -0.2) is 8.42 Å². The first-order valence-electron chi connectivity index (χ1n) is 5.72. The second-order valence-electron chi connectivity index (χ2n) is 4.50. The van der Waals surface area contributed by atoms with Crippen molar-refractivity contribution in [2.75, 3.05) is 10.5 Å². The number of nitrogens with two attached hydrogens (primary N) is 1. The number of sulfonamides is 1. The Labute approximate surface area is 103 Å². The van der Waals surface area contributed by atoms with Crippen molar-refractivity contribution in [1.29, 1.82) is 0 Å². The summed E-state index contributed by atoms with van der Waals surface area (Å²) in [5.41, 5.74) is 7.04. The number of hydrogen-bond donors (Lipinski definition) is 2. The summed E-state index contributed by atoms with van der Waals surface area (Å²) in [6.07, 6.45) is 0.663. The van der Waals surface area contributed by atoms with E-state index in [-0.39, 0.29) is 5.75 Å². The normalized spacial score (nSPS) is 11.8. The fourth-order valence-corrected chi connectivity index (χ4v) is 2.71. The summed E-state index contributed by atoms with van der Waals surface area (Å²) in [4.78, 5) is 0. The maximum Gasteiger partial charge on any atom is 0.232 e. The van der Waals surface area contributed by atoms with E-state index in [1.165, 1.54) is 0 Å². The third-order valence-electron chi connectivity index (χ3n) is 2.43. The molecule has 0 saturated carbocycles. The average Bonchev–Trinajstić information content (AvgIpc) is 2.27. The summed E-state index contributed by atoms with van der Waals surface area (Å²) in [5, 5.41) is 0. The fraction of sp³-hybridized carbons (Fsp3) is 0.500. The molecule has 3 N–H and O–H groups in total. The summed E-state index contributed by atoms with van der Waals surface area (Å²) < 4.78 is 26.0. The lowest BCUT2D eigenvalue weighted by Crippen LogP contribution is -2.17. The second-order valence-corrected chi connectivity index (χ2v) is 6.35. The van der Waals surface area contributed by atoms with Gasteiger partial charge in [0.05, 0.1) is 5.75 Å². The number of hydrogen-bond acceptors (Lipinski definition) is 3. The standard InChI is InChI=1S/C12H20N2O2S/c1-10(2)7-8-17(15,16)14-12-5-3-11(9-13)4-6-12/h3-6,10,14H,7-9,13H2,1-2H3. The predicted octanol–water partition coefficient (Wildman–Crippen LogP) is 1.93. The largest absolute Gasteiger partial charge is 0.326 e. The van der Waals surface area contributed by atoms with Crippen LogP contribution in [0.5, 0.6) is 0 Å². The Kier molecular flexibility index (Phi) is 4.96. The maximum absolute atomic E-state index is 11.7. The highest BCUT2D eigenvalue weighted by atomic mass is 32.2. The number of benzene rings is 1. The Hall–Kier alpha value is -1.07. The van der Waals surface area contributed by atoms with Crippen LogP contribution in [0.2, 0.25) is 0 Å². The van der Waals surface area contributed by atoms with Crippen molar-refractivity contribution in [2.45, 2.75) is 26.8 Å². The average molecular weight is 256 g/mol. The van der Waals surface area contributed by atoms with Gasteiger partial charge >= 0.3 is 0 Å². The third-order valence-corrected chi connectivity index (χ3v) is 3.75. The highest BCUT2D eigenvalue weighted by Gasteiger charge is 2.11. The molecule has 0 spiro atoms. The number of anilines is 1. The molecule has 0 fully saturated rings. The number of nitrogens with one attached hydrogen (secondary N) is 1. The summed E-state index contributed by atoms with van der Waals surface area (Å²) in [5.74, 6) is 0.537. The minimum atomic E-state index is -3.23. The Morgan fingerprint density at radius 3 is 2.29 bits per heavy atom. The third kappa shape index (κ3) is 5.19. The van der Waals surface area contributed by atoms with Crippen LogP contribution >= 0.6 is 0 Å².